The molecule has 26 heavy (non-hydrogen) atoms. The molecule has 1 fully saturated rings. The van der Waals surface area contributed by atoms with Crippen molar-refractivity contribution in [3.05, 3.63) is 21.8 Å². The van der Waals surface area contributed by atoms with E-state index < -0.39 is 0 Å². The fraction of sp³-hybridized carbons (Fsp3) is 0.471. The maximum atomic E-state index is 9.92. The number of anilines is 1. The van der Waals surface area contributed by atoms with E-state index in [1.54, 1.807) is 0 Å². The van der Waals surface area contributed by atoms with Gasteiger partial charge in [-0.05, 0) is 20.8 Å². The van der Waals surface area contributed by atoms with Crippen LogP contribution in [0.3, 0.4) is 0 Å². The van der Waals surface area contributed by atoms with Crippen molar-refractivity contribution in [2.24, 2.45) is 0 Å². The van der Waals surface area contributed by atoms with Crippen LogP contribution in [0.5, 0.6) is 0 Å². The summed E-state index contributed by atoms with van der Waals surface area (Å²) in [4.78, 5) is 11.2. The molecule has 1 aliphatic rings. The third-order valence-electron chi connectivity index (χ3n) is 4.30. The van der Waals surface area contributed by atoms with E-state index in [0.717, 1.165) is 10.7 Å². The van der Waals surface area contributed by atoms with E-state index in [-0.39, 0.29) is 18.8 Å². The number of hydrogen-bond donors (Lipinski definition) is 1. The number of aliphatic hydroxyl groups is 1. The molecule has 0 saturated carbocycles. The Kier molecular flexibility index (Phi) is 4.60. The normalized spacial score (nSPS) is 20.9. The largest absolute Gasteiger partial charge is 0.390 e. The van der Waals surface area contributed by atoms with Gasteiger partial charge >= 0.3 is 0 Å². The van der Waals surface area contributed by atoms with Crippen molar-refractivity contribution >= 4 is 39.7 Å². The summed E-state index contributed by atoms with van der Waals surface area (Å²) in [7, 11) is 0. The Hall–Kier alpha value is -1.74. The summed E-state index contributed by atoms with van der Waals surface area (Å²) < 4.78 is 11.3. The number of aryl methyl sites for hydroxylation is 1. The molecule has 7 nitrogen and oxygen atoms in total. The molecule has 0 amide bonds. The lowest BCUT2D eigenvalue weighted by Gasteiger charge is -2.37. The van der Waals surface area contributed by atoms with Gasteiger partial charge in [-0.1, -0.05) is 16.8 Å². The minimum atomic E-state index is -0.230. The Balaban J connectivity index is 1.86. The number of nitrogens with zero attached hydrogens (tertiary/aromatic N) is 4. The minimum Gasteiger partial charge on any atom is -0.390 e. The molecule has 0 aliphatic carbocycles. The van der Waals surface area contributed by atoms with Gasteiger partial charge in [0.05, 0.1) is 30.2 Å². The average molecular weight is 395 g/mol. The molecule has 1 N–H and O–H groups in total. The van der Waals surface area contributed by atoms with Gasteiger partial charge in [0.15, 0.2) is 5.69 Å². The highest BCUT2D eigenvalue weighted by Crippen LogP contribution is 2.40. The van der Waals surface area contributed by atoms with Gasteiger partial charge in [-0.3, -0.25) is 0 Å². The topological polar surface area (TPSA) is 84.5 Å². The van der Waals surface area contributed by atoms with Crippen LogP contribution in [0.25, 0.3) is 21.8 Å². The summed E-state index contributed by atoms with van der Waals surface area (Å²) in [6, 6.07) is 0. The molecular weight excluding hydrogens is 376 g/mol. The van der Waals surface area contributed by atoms with Gasteiger partial charge in [0.1, 0.15) is 15.5 Å². The van der Waals surface area contributed by atoms with Gasteiger partial charge in [-0.15, -0.1) is 11.3 Å². The highest BCUT2D eigenvalue weighted by Gasteiger charge is 2.29. The van der Waals surface area contributed by atoms with Crippen LogP contribution in [-0.2, 0) is 11.3 Å². The molecule has 2 unspecified atom stereocenters. The molecule has 4 rings (SSSR count). The number of halogens is 1. The molecule has 2 atom stereocenters. The fourth-order valence-electron chi connectivity index (χ4n) is 3.35. The van der Waals surface area contributed by atoms with Crippen LogP contribution in [0.15, 0.2) is 9.90 Å². The van der Waals surface area contributed by atoms with Crippen LogP contribution in [-0.4, -0.2) is 45.5 Å². The monoisotopic (exact) mass is 394 g/mol. The quantitative estimate of drug-likeness (QED) is 0.728. The standard InChI is InChI=1S/C17H19ClN4O3S/c1-8-7-26-17(19-8)14-13-16(25-21-14)12(18)15(11(6-23)20-13)22-4-9(2)24-10(3)5-22/h7,9-10,23H,4-6H2,1-3H3. The zero-order chi connectivity index (χ0) is 18.4. The molecule has 3 aromatic rings. The van der Waals surface area contributed by atoms with Gasteiger partial charge in [0.2, 0.25) is 5.58 Å². The number of morpholine rings is 1. The molecule has 1 saturated heterocycles. The van der Waals surface area contributed by atoms with E-state index in [1.165, 1.54) is 11.3 Å². The molecular formula is C17H19ClN4O3S. The summed E-state index contributed by atoms with van der Waals surface area (Å²) in [5.41, 5.74) is 3.57. The number of aromatic nitrogens is 3. The summed E-state index contributed by atoms with van der Waals surface area (Å²) >= 11 is 8.14. The van der Waals surface area contributed by atoms with Crippen molar-refractivity contribution in [3.8, 4) is 10.7 Å². The summed E-state index contributed by atoms with van der Waals surface area (Å²) in [5, 5.41) is 17.1. The second-order valence-electron chi connectivity index (χ2n) is 6.54. The molecule has 0 bridgehead atoms. The summed E-state index contributed by atoms with van der Waals surface area (Å²) in [6.45, 7) is 7.04. The highest BCUT2D eigenvalue weighted by atomic mass is 35.5. The molecule has 0 aromatic carbocycles. The number of aliphatic hydroxyl groups excluding tert-OH is 1. The van der Waals surface area contributed by atoms with Crippen LogP contribution in [0.4, 0.5) is 5.69 Å². The zero-order valence-corrected chi connectivity index (χ0v) is 16.3. The lowest BCUT2D eigenvalue weighted by Crippen LogP contribution is -2.46. The van der Waals surface area contributed by atoms with E-state index in [0.29, 0.717) is 46.3 Å². The lowest BCUT2D eigenvalue weighted by atomic mass is 10.1. The summed E-state index contributed by atoms with van der Waals surface area (Å²) in [5.74, 6) is 0. The van der Waals surface area contributed by atoms with Gasteiger partial charge in [0, 0.05) is 24.2 Å². The average Bonchev–Trinajstić information content (AvgIpc) is 3.19. The summed E-state index contributed by atoms with van der Waals surface area (Å²) in [6.07, 6.45) is 0.112. The van der Waals surface area contributed by atoms with Crippen molar-refractivity contribution in [1.82, 2.24) is 15.1 Å². The van der Waals surface area contributed by atoms with E-state index in [4.69, 9.17) is 20.9 Å². The van der Waals surface area contributed by atoms with Gasteiger partial charge in [-0.2, -0.15) is 0 Å². The first-order valence-corrected chi connectivity index (χ1v) is 9.65. The van der Waals surface area contributed by atoms with E-state index in [9.17, 15) is 5.11 Å². The molecule has 4 heterocycles. The van der Waals surface area contributed by atoms with Crippen molar-refractivity contribution < 1.29 is 14.4 Å². The predicted octanol–water partition coefficient (Wildman–Crippen LogP) is 3.41. The van der Waals surface area contributed by atoms with Gasteiger partial charge < -0.3 is 19.3 Å². The maximum Gasteiger partial charge on any atom is 0.206 e. The van der Waals surface area contributed by atoms with Crippen molar-refractivity contribution in [2.75, 3.05) is 18.0 Å². The second-order valence-corrected chi connectivity index (χ2v) is 7.78. The number of fused-ring (bicyclic) bond motifs is 1. The number of thiazole rings is 1. The second kappa shape index (κ2) is 6.77. The van der Waals surface area contributed by atoms with Crippen LogP contribution < -0.4 is 4.90 Å². The third kappa shape index (κ3) is 2.96. The molecule has 3 aromatic heterocycles. The van der Waals surface area contributed by atoms with Gasteiger partial charge in [-0.25, -0.2) is 9.97 Å². The van der Waals surface area contributed by atoms with Crippen molar-refractivity contribution in [1.29, 1.82) is 0 Å². The Labute approximate surface area is 159 Å². The number of pyridine rings is 1. The van der Waals surface area contributed by atoms with Gasteiger partial charge in [0.25, 0.3) is 0 Å². The Bertz CT molecular complexity index is 947. The number of rotatable bonds is 3. The smallest absolute Gasteiger partial charge is 0.206 e. The van der Waals surface area contributed by atoms with Crippen LogP contribution in [0, 0.1) is 6.92 Å². The SMILES string of the molecule is Cc1csc(-c2noc3c(Cl)c(N4CC(C)OC(C)C4)c(CO)nc23)n1. The molecule has 9 heteroatoms. The van der Waals surface area contributed by atoms with Crippen molar-refractivity contribution in [2.45, 2.75) is 39.6 Å². The van der Waals surface area contributed by atoms with Crippen LogP contribution in [0.1, 0.15) is 25.2 Å². The van der Waals surface area contributed by atoms with E-state index in [2.05, 4.69) is 20.0 Å². The van der Waals surface area contributed by atoms with Crippen LogP contribution >= 0.6 is 22.9 Å². The molecule has 0 spiro atoms. The minimum absolute atomic E-state index is 0.0561. The Morgan fingerprint density at radius 3 is 2.65 bits per heavy atom. The Morgan fingerprint density at radius 1 is 1.31 bits per heavy atom. The lowest BCUT2D eigenvalue weighted by molar-refractivity contribution is -0.00533. The van der Waals surface area contributed by atoms with Crippen molar-refractivity contribution in [3.63, 3.8) is 0 Å². The molecule has 138 valence electrons. The van der Waals surface area contributed by atoms with E-state index in [1.807, 2.05) is 26.2 Å². The fourth-order valence-corrected chi connectivity index (χ4v) is 4.48. The molecule has 1 aliphatic heterocycles. The Morgan fingerprint density at radius 2 is 2.04 bits per heavy atom. The zero-order valence-electron chi connectivity index (χ0n) is 14.7. The predicted molar refractivity (Wildman–Crippen MR) is 101 cm³/mol. The number of hydrogen-bond acceptors (Lipinski definition) is 8. The first-order chi connectivity index (χ1) is 12.5. The van der Waals surface area contributed by atoms with E-state index >= 15 is 0 Å². The maximum absolute atomic E-state index is 9.92. The highest BCUT2D eigenvalue weighted by molar-refractivity contribution is 7.13. The first-order valence-electron chi connectivity index (χ1n) is 8.39. The molecule has 0 radical (unpaired) electrons. The first kappa shape index (κ1) is 17.7. The number of ether oxygens (including phenoxy) is 1. The third-order valence-corrected chi connectivity index (χ3v) is 5.62. The van der Waals surface area contributed by atoms with Crippen LogP contribution in [0.2, 0.25) is 5.02 Å².